The lowest BCUT2D eigenvalue weighted by Crippen LogP contribution is -2.33. The molecule has 0 bridgehead atoms. The van der Waals surface area contributed by atoms with Gasteiger partial charge < -0.3 is 0 Å². The highest BCUT2D eigenvalue weighted by Crippen LogP contribution is 2.34. The number of halogens is 3. The van der Waals surface area contributed by atoms with E-state index in [-0.39, 0.29) is 16.9 Å². The first-order valence-electron chi connectivity index (χ1n) is 7.13. The van der Waals surface area contributed by atoms with Gasteiger partial charge in [0.25, 0.3) is 11.5 Å². The van der Waals surface area contributed by atoms with Crippen molar-refractivity contribution >= 4 is 11.6 Å². The SMILES string of the molecule is CCCn1nc(C(=O)NNc2ccccc2C(F)(F)F)ccc1=O. The zero-order chi connectivity index (χ0) is 17.7. The van der Waals surface area contributed by atoms with Crippen LogP contribution < -0.4 is 16.4 Å². The summed E-state index contributed by atoms with van der Waals surface area (Å²) in [6.45, 7) is 2.18. The van der Waals surface area contributed by atoms with Gasteiger partial charge in [0.1, 0.15) is 0 Å². The first-order chi connectivity index (χ1) is 11.3. The summed E-state index contributed by atoms with van der Waals surface area (Å²) in [5, 5.41) is 3.88. The van der Waals surface area contributed by atoms with Gasteiger partial charge in [0.15, 0.2) is 5.69 Å². The lowest BCUT2D eigenvalue weighted by Gasteiger charge is -2.14. The molecule has 1 aromatic carbocycles. The molecule has 9 heteroatoms. The van der Waals surface area contributed by atoms with E-state index in [1.54, 1.807) is 0 Å². The number of hydrogen-bond acceptors (Lipinski definition) is 4. The van der Waals surface area contributed by atoms with E-state index >= 15 is 0 Å². The Morgan fingerprint density at radius 1 is 1.21 bits per heavy atom. The Balaban J connectivity index is 2.15. The van der Waals surface area contributed by atoms with E-state index in [1.807, 2.05) is 6.92 Å². The highest BCUT2D eigenvalue weighted by Gasteiger charge is 2.33. The van der Waals surface area contributed by atoms with Crippen LogP contribution >= 0.6 is 0 Å². The quantitative estimate of drug-likeness (QED) is 0.820. The Bertz CT molecular complexity index is 787. The molecule has 0 atom stereocenters. The van der Waals surface area contributed by atoms with Crippen LogP contribution in [0.4, 0.5) is 18.9 Å². The van der Waals surface area contributed by atoms with Gasteiger partial charge in [-0.1, -0.05) is 19.1 Å². The van der Waals surface area contributed by atoms with Crippen LogP contribution in [-0.4, -0.2) is 15.7 Å². The maximum Gasteiger partial charge on any atom is 0.418 e. The summed E-state index contributed by atoms with van der Waals surface area (Å²) in [5.74, 6) is -0.753. The predicted octanol–water partition coefficient (Wildman–Crippen LogP) is 2.43. The van der Waals surface area contributed by atoms with Crippen molar-refractivity contribution in [1.82, 2.24) is 15.2 Å². The molecular formula is C15H15F3N4O2. The number of hydrogen-bond donors (Lipinski definition) is 2. The first kappa shape index (κ1) is 17.5. The van der Waals surface area contributed by atoms with Gasteiger partial charge in [0.05, 0.1) is 11.3 Å². The van der Waals surface area contributed by atoms with Crippen molar-refractivity contribution in [1.29, 1.82) is 0 Å². The molecule has 128 valence electrons. The number of carbonyl (C=O) groups is 1. The van der Waals surface area contributed by atoms with Gasteiger partial charge in [-0.3, -0.25) is 20.4 Å². The fourth-order valence-electron chi connectivity index (χ4n) is 1.97. The number of alkyl halides is 3. The summed E-state index contributed by atoms with van der Waals surface area (Å²) in [6, 6.07) is 7.13. The Morgan fingerprint density at radius 2 is 1.92 bits per heavy atom. The third kappa shape index (κ3) is 4.12. The molecule has 0 aliphatic rings. The third-order valence-corrected chi connectivity index (χ3v) is 3.08. The minimum atomic E-state index is -4.55. The average molecular weight is 340 g/mol. The van der Waals surface area contributed by atoms with Gasteiger partial charge >= 0.3 is 6.18 Å². The Kier molecular flexibility index (Phi) is 5.22. The fraction of sp³-hybridized carbons (Fsp3) is 0.267. The van der Waals surface area contributed by atoms with E-state index < -0.39 is 17.6 Å². The average Bonchev–Trinajstić information content (AvgIpc) is 2.54. The molecule has 1 amide bonds. The number of hydrazine groups is 1. The normalized spacial score (nSPS) is 11.2. The zero-order valence-electron chi connectivity index (χ0n) is 12.7. The molecule has 0 aliphatic carbocycles. The van der Waals surface area contributed by atoms with Crippen molar-refractivity contribution in [3.05, 3.63) is 58.0 Å². The van der Waals surface area contributed by atoms with Crippen LogP contribution in [0.2, 0.25) is 0 Å². The predicted molar refractivity (Wildman–Crippen MR) is 81.3 cm³/mol. The van der Waals surface area contributed by atoms with Crippen LogP contribution in [0.3, 0.4) is 0 Å². The van der Waals surface area contributed by atoms with Crippen LogP contribution in [0.1, 0.15) is 29.4 Å². The number of nitrogens with zero attached hydrogens (tertiary/aromatic N) is 2. The summed E-state index contributed by atoms with van der Waals surface area (Å²) >= 11 is 0. The highest BCUT2D eigenvalue weighted by molar-refractivity contribution is 5.92. The van der Waals surface area contributed by atoms with Crippen molar-refractivity contribution in [2.24, 2.45) is 0 Å². The number of amides is 1. The molecule has 0 fully saturated rings. The lowest BCUT2D eigenvalue weighted by molar-refractivity contribution is -0.137. The van der Waals surface area contributed by atoms with Crippen molar-refractivity contribution in [3.8, 4) is 0 Å². The molecule has 2 aromatic rings. The topological polar surface area (TPSA) is 76.0 Å². The highest BCUT2D eigenvalue weighted by atomic mass is 19.4. The number of benzene rings is 1. The molecule has 0 saturated heterocycles. The number of carbonyl (C=O) groups excluding carboxylic acids is 1. The number of para-hydroxylation sites is 1. The minimum absolute atomic E-state index is 0.0833. The van der Waals surface area contributed by atoms with E-state index in [4.69, 9.17) is 0 Å². The van der Waals surface area contributed by atoms with Gasteiger partial charge in [-0.25, -0.2) is 4.68 Å². The zero-order valence-corrected chi connectivity index (χ0v) is 12.7. The molecule has 1 heterocycles. The summed E-state index contributed by atoms with van der Waals surface area (Å²) in [6.07, 6.45) is -3.91. The molecule has 6 nitrogen and oxygen atoms in total. The van der Waals surface area contributed by atoms with Gasteiger partial charge in [0, 0.05) is 12.6 Å². The summed E-state index contributed by atoms with van der Waals surface area (Å²) in [5.41, 5.74) is 2.75. The van der Waals surface area contributed by atoms with E-state index in [2.05, 4.69) is 16.0 Å². The van der Waals surface area contributed by atoms with E-state index in [0.29, 0.717) is 13.0 Å². The Labute approximate surface area is 135 Å². The smallest absolute Gasteiger partial charge is 0.298 e. The Morgan fingerprint density at radius 3 is 2.58 bits per heavy atom. The van der Waals surface area contributed by atoms with Crippen LogP contribution in [0.15, 0.2) is 41.2 Å². The van der Waals surface area contributed by atoms with Crippen molar-refractivity contribution in [2.45, 2.75) is 26.1 Å². The summed E-state index contributed by atoms with van der Waals surface area (Å²) in [7, 11) is 0. The minimum Gasteiger partial charge on any atom is -0.298 e. The maximum atomic E-state index is 12.9. The maximum absolute atomic E-state index is 12.9. The number of rotatable bonds is 5. The molecule has 1 aromatic heterocycles. The van der Waals surface area contributed by atoms with Gasteiger partial charge in [-0.05, 0) is 24.6 Å². The second-order valence-electron chi connectivity index (χ2n) is 4.90. The van der Waals surface area contributed by atoms with Crippen molar-refractivity contribution in [3.63, 3.8) is 0 Å². The molecule has 24 heavy (non-hydrogen) atoms. The molecule has 0 radical (unpaired) electrons. The molecule has 0 aliphatic heterocycles. The van der Waals surface area contributed by atoms with Crippen molar-refractivity contribution < 1.29 is 18.0 Å². The van der Waals surface area contributed by atoms with Gasteiger partial charge in [-0.15, -0.1) is 0 Å². The number of nitrogens with one attached hydrogen (secondary N) is 2. The number of aryl methyl sites for hydroxylation is 1. The second-order valence-corrected chi connectivity index (χ2v) is 4.90. The Hall–Kier alpha value is -2.84. The van der Waals surface area contributed by atoms with Crippen LogP contribution in [0.5, 0.6) is 0 Å². The molecule has 0 unspecified atom stereocenters. The fourth-order valence-corrected chi connectivity index (χ4v) is 1.97. The van der Waals surface area contributed by atoms with E-state index in [0.717, 1.165) is 10.7 Å². The molecule has 2 rings (SSSR count). The number of aromatic nitrogens is 2. The van der Waals surface area contributed by atoms with E-state index in [9.17, 15) is 22.8 Å². The molecule has 0 spiro atoms. The molecule has 0 saturated carbocycles. The second kappa shape index (κ2) is 7.16. The first-order valence-corrected chi connectivity index (χ1v) is 7.13. The van der Waals surface area contributed by atoms with Crippen LogP contribution in [-0.2, 0) is 12.7 Å². The van der Waals surface area contributed by atoms with Gasteiger partial charge in [0.2, 0.25) is 0 Å². The van der Waals surface area contributed by atoms with Gasteiger partial charge in [-0.2, -0.15) is 18.3 Å². The molecular weight excluding hydrogens is 325 g/mol. The van der Waals surface area contributed by atoms with E-state index in [1.165, 1.54) is 30.3 Å². The van der Waals surface area contributed by atoms with Crippen molar-refractivity contribution in [2.75, 3.05) is 5.43 Å². The largest absolute Gasteiger partial charge is 0.418 e. The lowest BCUT2D eigenvalue weighted by atomic mass is 10.2. The summed E-state index contributed by atoms with van der Waals surface area (Å²) < 4.78 is 39.7. The van der Waals surface area contributed by atoms with Crippen LogP contribution in [0.25, 0.3) is 0 Å². The standard InChI is InChI=1S/C15H15F3N4O2/c1-2-9-22-13(23)8-7-12(21-22)14(24)20-19-11-6-4-3-5-10(11)15(16,17)18/h3-8,19H,2,9H2,1H3,(H,20,24). The third-order valence-electron chi connectivity index (χ3n) is 3.08. The number of anilines is 1. The van der Waals surface area contributed by atoms with Crippen LogP contribution in [0, 0.1) is 0 Å². The summed E-state index contributed by atoms with van der Waals surface area (Å²) in [4.78, 5) is 23.6. The molecule has 2 N–H and O–H groups in total. The monoisotopic (exact) mass is 340 g/mol.